The summed E-state index contributed by atoms with van der Waals surface area (Å²) in [5.41, 5.74) is 0.651. The van der Waals surface area contributed by atoms with Gasteiger partial charge in [-0.3, -0.25) is 0 Å². The van der Waals surface area contributed by atoms with Crippen LogP contribution >= 0.6 is 0 Å². The van der Waals surface area contributed by atoms with Crippen molar-refractivity contribution in [3.05, 3.63) is 29.8 Å². The molecule has 0 aliphatic heterocycles. The van der Waals surface area contributed by atoms with Gasteiger partial charge in [0.2, 0.25) is 10.0 Å². The third-order valence-electron chi connectivity index (χ3n) is 4.23. The van der Waals surface area contributed by atoms with Crippen LogP contribution < -0.4 is 4.72 Å². The summed E-state index contributed by atoms with van der Waals surface area (Å²) in [6.07, 6.45) is 5.83. The lowest BCUT2D eigenvalue weighted by molar-refractivity contribution is 0.173. The molecule has 1 unspecified atom stereocenters. The van der Waals surface area contributed by atoms with Crippen LogP contribution in [0.5, 0.6) is 0 Å². The first-order valence-corrected chi connectivity index (χ1v) is 9.29. The highest BCUT2D eigenvalue weighted by atomic mass is 32.2. The van der Waals surface area contributed by atoms with E-state index in [4.69, 9.17) is 0 Å². The molecule has 1 aromatic carbocycles. The Labute approximate surface area is 127 Å². The average Bonchev–Trinajstić information content (AvgIpc) is 2.53. The van der Waals surface area contributed by atoms with E-state index >= 15 is 0 Å². The molecule has 1 aliphatic rings. The molecule has 2 rings (SSSR count). The van der Waals surface area contributed by atoms with Crippen molar-refractivity contribution in [3.63, 3.8) is 0 Å². The molecule has 118 valence electrons. The molecule has 0 radical (unpaired) electrons. The lowest BCUT2D eigenvalue weighted by atomic mass is 9.90. The molecule has 1 aliphatic carbocycles. The third kappa shape index (κ3) is 4.53. The summed E-state index contributed by atoms with van der Waals surface area (Å²) in [6, 6.07) is 6.59. The van der Waals surface area contributed by atoms with Crippen LogP contribution in [0.3, 0.4) is 0 Å². The molecular formula is C16H25NO3S. The highest BCUT2D eigenvalue weighted by Crippen LogP contribution is 2.24. The summed E-state index contributed by atoms with van der Waals surface area (Å²) in [5, 5.41) is 9.84. The Morgan fingerprint density at radius 1 is 1.29 bits per heavy atom. The number of benzene rings is 1. The molecule has 1 saturated carbocycles. The molecule has 0 saturated heterocycles. The number of rotatable bonds is 6. The molecule has 1 atom stereocenters. The Hall–Kier alpha value is -0.910. The van der Waals surface area contributed by atoms with Gasteiger partial charge >= 0.3 is 0 Å². The summed E-state index contributed by atoms with van der Waals surface area (Å²) < 4.78 is 27.4. The molecule has 1 aromatic rings. The van der Waals surface area contributed by atoms with Gasteiger partial charge in [-0.05, 0) is 42.9 Å². The van der Waals surface area contributed by atoms with E-state index in [-0.39, 0.29) is 4.90 Å². The highest BCUT2D eigenvalue weighted by Gasteiger charge is 2.19. The van der Waals surface area contributed by atoms with Gasteiger partial charge in [-0.2, -0.15) is 0 Å². The fourth-order valence-corrected chi connectivity index (χ4v) is 4.00. The first-order valence-electron chi connectivity index (χ1n) is 7.80. The highest BCUT2D eigenvalue weighted by molar-refractivity contribution is 7.89. The predicted molar refractivity (Wildman–Crippen MR) is 83.5 cm³/mol. The van der Waals surface area contributed by atoms with Gasteiger partial charge in [0.05, 0.1) is 11.0 Å². The van der Waals surface area contributed by atoms with Gasteiger partial charge in [-0.1, -0.05) is 38.3 Å². The summed E-state index contributed by atoms with van der Waals surface area (Å²) in [4.78, 5) is 0.239. The Balaban J connectivity index is 2.04. The van der Waals surface area contributed by atoms with E-state index in [1.165, 1.54) is 19.3 Å². The zero-order valence-electron chi connectivity index (χ0n) is 12.6. The van der Waals surface area contributed by atoms with Gasteiger partial charge in [0, 0.05) is 6.54 Å². The number of hydrogen-bond acceptors (Lipinski definition) is 3. The van der Waals surface area contributed by atoms with Crippen molar-refractivity contribution < 1.29 is 13.5 Å². The second-order valence-corrected chi connectivity index (χ2v) is 7.62. The van der Waals surface area contributed by atoms with E-state index in [1.54, 1.807) is 24.3 Å². The fourth-order valence-electron chi connectivity index (χ4n) is 2.83. The Kier molecular flexibility index (Phi) is 5.79. The minimum atomic E-state index is -3.49. The van der Waals surface area contributed by atoms with Crippen LogP contribution in [-0.2, 0) is 10.0 Å². The van der Waals surface area contributed by atoms with E-state index in [0.717, 1.165) is 12.8 Å². The van der Waals surface area contributed by atoms with Crippen LogP contribution in [-0.4, -0.2) is 20.1 Å². The van der Waals surface area contributed by atoms with Gasteiger partial charge in [-0.25, -0.2) is 13.1 Å². The second kappa shape index (κ2) is 7.38. The van der Waals surface area contributed by atoms with Gasteiger partial charge in [-0.15, -0.1) is 0 Å². The topological polar surface area (TPSA) is 66.4 Å². The molecule has 0 heterocycles. The van der Waals surface area contributed by atoms with Crippen molar-refractivity contribution in [1.82, 2.24) is 4.72 Å². The Bertz CT molecular complexity index is 550. The largest absolute Gasteiger partial charge is 0.388 e. The molecule has 0 bridgehead atoms. The first-order chi connectivity index (χ1) is 10.0. The smallest absolute Gasteiger partial charge is 0.240 e. The zero-order chi connectivity index (χ0) is 15.3. The van der Waals surface area contributed by atoms with E-state index in [0.29, 0.717) is 24.4 Å². The monoisotopic (exact) mass is 311 g/mol. The molecule has 4 nitrogen and oxygen atoms in total. The summed E-state index contributed by atoms with van der Waals surface area (Å²) >= 11 is 0. The average molecular weight is 311 g/mol. The van der Waals surface area contributed by atoms with Crippen LogP contribution in [0.1, 0.15) is 57.1 Å². The predicted octanol–water partition coefficient (Wildman–Crippen LogP) is 2.99. The van der Waals surface area contributed by atoms with E-state index < -0.39 is 16.1 Å². The minimum Gasteiger partial charge on any atom is -0.388 e. The molecule has 1 fully saturated rings. The summed E-state index contributed by atoms with van der Waals surface area (Å²) in [7, 11) is -3.49. The van der Waals surface area contributed by atoms with Crippen molar-refractivity contribution in [3.8, 4) is 0 Å². The normalized spacial score (nSPS) is 18.6. The van der Waals surface area contributed by atoms with Crippen molar-refractivity contribution in [2.45, 2.75) is 56.4 Å². The lowest BCUT2D eigenvalue weighted by Gasteiger charge is -2.21. The van der Waals surface area contributed by atoms with Crippen molar-refractivity contribution >= 4 is 10.0 Å². The van der Waals surface area contributed by atoms with Crippen LogP contribution in [0.25, 0.3) is 0 Å². The number of nitrogens with one attached hydrogen (secondary N) is 1. The molecule has 5 heteroatoms. The van der Waals surface area contributed by atoms with E-state index in [1.807, 2.05) is 6.92 Å². The van der Waals surface area contributed by atoms with Crippen LogP contribution in [0, 0.1) is 5.92 Å². The fraction of sp³-hybridized carbons (Fsp3) is 0.625. The second-order valence-electron chi connectivity index (χ2n) is 5.85. The lowest BCUT2D eigenvalue weighted by Crippen LogP contribution is -2.30. The number of aliphatic hydroxyl groups excluding tert-OH is 1. The van der Waals surface area contributed by atoms with Gasteiger partial charge in [0.25, 0.3) is 0 Å². The molecule has 2 N–H and O–H groups in total. The molecular weight excluding hydrogens is 286 g/mol. The van der Waals surface area contributed by atoms with E-state index in [9.17, 15) is 13.5 Å². The standard InChI is InChI=1S/C16H25NO3S/c1-2-16(18)14-9-6-10-15(11-14)21(19,20)17-12-13-7-4-3-5-8-13/h6,9-11,13,16-18H,2-5,7-8,12H2,1H3. The molecule has 0 spiro atoms. The van der Waals surface area contributed by atoms with Gasteiger partial charge in [0.1, 0.15) is 0 Å². The first kappa shape index (κ1) is 16.5. The van der Waals surface area contributed by atoms with Crippen molar-refractivity contribution in [2.24, 2.45) is 5.92 Å². The summed E-state index contributed by atoms with van der Waals surface area (Å²) in [6.45, 7) is 2.38. The van der Waals surface area contributed by atoms with Crippen molar-refractivity contribution in [2.75, 3.05) is 6.54 Å². The number of sulfonamides is 1. The quantitative estimate of drug-likeness (QED) is 0.848. The number of hydrogen-bond donors (Lipinski definition) is 2. The third-order valence-corrected chi connectivity index (χ3v) is 5.65. The maximum Gasteiger partial charge on any atom is 0.240 e. The molecule has 21 heavy (non-hydrogen) atoms. The minimum absolute atomic E-state index is 0.239. The van der Waals surface area contributed by atoms with Crippen LogP contribution in [0.15, 0.2) is 29.2 Å². The van der Waals surface area contributed by atoms with Crippen molar-refractivity contribution in [1.29, 1.82) is 0 Å². The maximum absolute atomic E-state index is 12.3. The molecule has 0 amide bonds. The summed E-state index contributed by atoms with van der Waals surface area (Å²) in [5.74, 6) is 0.456. The van der Waals surface area contributed by atoms with Crippen LogP contribution in [0.2, 0.25) is 0 Å². The SMILES string of the molecule is CCC(O)c1cccc(S(=O)(=O)NCC2CCCCC2)c1. The van der Waals surface area contributed by atoms with Gasteiger partial charge < -0.3 is 5.11 Å². The Morgan fingerprint density at radius 3 is 2.67 bits per heavy atom. The Morgan fingerprint density at radius 2 is 2.00 bits per heavy atom. The zero-order valence-corrected chi connectivity index (χ0v) is 13.4. The number of aliphatic hydroxyl groups is 1. The van der Waals surface area contributed by atoms with E-state index in [2.05, 4.69) is 4.72 Å². The van der Waals surface area contributed by atoms with Crippen LogP contribution in [0.4, 0.5) is 0 Å². The van der Waals surface area contributed by atoms with Gasteiger partial charge in [0.15, 0.2) is 0 Å². The maximum atomic E-state index is 12.3. The molecule has 0 aromatic heterocycles.